The van der Waals surface area contributed by atoms with Crippen LogP contribution >= 0.6 is 0 Å². The van der Waals surface area contributed by atoms with Gasteiger partial charge in [-0.2, -0.15) is 0 Å². The first kappa shape index (κ1) is 7.82. The van der Waals surface area contributed by atoms with E-state index in [1.165, 1.54) is 0 Å². The van der Waals surface area contributed by atoms with Crippen molar-refractivity contribution >= 4 is 10.9 Å². The van der Waals surface area contributed by atoms with Crippen LogP contribution in [0, 0.1) is 18.8 Å². The number of hydrogen-bond donors (Lipinski definition) is 0. The summed E-state index contributed by atoms with van der Waals surface area (Å²) in [5.41, 5.74) is 1.88. The highest BCUT2D eigenvalue weighted by Gasteiger charge is 1.96. The molecule has 1 radical (unpaired) electrons. The molecule has 1 aromatic heterocycles. The number of hydrogen-bond acceptors (Lipinski definition) is 1. The van der Waals surface area contributed by atoms with Gasteiger partial charge in [-0.25, -0.2) is 0 Å². The lowest BCUT2D eigenvalue weighted by Gasteiger charge is -1.97. The molecule has 0 saturated heterocycles. The zero-order valence-electron chi connectivity index (χ0n) is 7.12. The Morgan fingerprint density at radius 3 is 2.85 bits per heavy atom. The van der Waals surface area contributed by atoms with Gasteiger partial charge in [0.2, 0.25) is 0 Å². The number of pyridine rings is 1. The highest BCUT2D eigenvalue weighted by Crippen LogP contribution is 2.14. The van der Waals surface area contributed by atoms with Crippen molar-refractivity contribution in [2.75, 3.05) is 0 Å². The molecule has 1 aromatic carbocycles. The van der Waals surface area contributed by atoms with Crippen LogP contribution in [0.25, 0.3) is 10.9 Å². The molecule has 1 heteroatoms. The van der Waals surface area contributed by atoms with Crippen molar-refractivity contribution in [3.8, 4) is 11.8 Å². The molecule has 2 rings (SSSR count). The van der Waals surface area contributed by atoms with Crippen molar-refractivity contribution < 1.29 is 0 Å². The van der Waals surface area contributed by atoms with Gasteiger partial charge in [0.1, 0.15) is 0 Å². The summed E-state index contributed by atoms with van der Waals surface area (Å²) >= 11 is 0. The largest absolute Gasteiger partial charge is 0.255 e. The van der Waals surface area contributed by atoms with Crippen LogP contribution in [0.15, 0.2) is 36.5 Å². The Morgan fingerprint density at radius 2 is 2.00 bits per heavy atom. The molecule has 61 valence electrons. The van der Waals surface area contributed by atoms with Gasteiger partial charge in [-0.1, -0.05) is 30.0 Å². The number of nitrogens with zero attached hydrogens (tertiary/aromatic N) is 1. The highest BCUT2D eigenvalue weighted by molar-refractivity contribution is 5.84. The molecule has 13 heavy (non-hydrogen) atoms. The van der Waals surface area contributed by atoms with Crippen LogP contribution in [0.3, 0.4) is 0 Å². The summed E-state index contributed by atoms with van der Waals surface area (Å²) < 4.78 is 0. The van der Waals surface area contributed by atoms with Crippen molar-refractivity contribution in [2.45, 2.75) is 0 Å². The lowest BCUT2D eigenvalue weighted by atomic mass is 10.1. The molecule has 0 fully saturated rings. The van der Waals surface area contributed by atoms with E-state index in [0.29, 0.717) is 0 Å². The first-order chi connectivity index (χ1) is 6.42. The van der Waals surface area contributed by atoms with Gasteiger partial charge < -0.3 is 0 Å². The van der Waals surface area contributed by atoms with Crippen molar-refractivity contribution in [1.82, 2.24) is 4.98 Å². The Labute approximate surface area is 77.4 Å². The third kappa shape index (κ3) is 1.39. The monoisotopic (exact) mass is 166 g/mol. The van der Waals surface area contributed by atoms with E-state index in [0.717, 1.165) is 16.5 Å². The molecular weight excluding hydrogens is 158 g/mol. The summed E-state index contributed by atoms with van der Waals surface area (Å²) in [6.45, 7) is 3.50. The highest BCUT2D eigenvalue weighted by atomic mass is 14.6. The molecule has 1 heterocycles. The smallest absolute Gasteiger partial charge is 0.0858 e. The van der Waals surface area contributed by atoms with E-state index in [4.69, 9.17) is 0 Å². The van der Waals surface area contributed by atoms with Gasteiger partial charge in [0.05, 0.1) is 11.1 Å². The summed E-state index contributed by atoms with van der Waals surface area (Å²) in [7, 11) is 0. The Hall–Kier alpha value is -1.81. The van der Waals surface area contributed by atoms with Crippen LogP contribution in [0.4, 0.5) is 0 Å². The maximum absolute atomic E-state index is 4.27. The van der Waals surface area contributed by atoms with E-state index in [1.54, 1.807) is 6.20 Å². The number of para-hydroxylation sites is 1. The van der Waals surface area contributed by atoms with Gasteiger partial charge in [0, 0.05) is 18.5 Å². The second-order valence-electron chi connectivity index (χ2n) is 2.68. The van der Waals surface area contributed by atoms with Gasteiger partial charge in [-0.15, -0.1) is 0 Å². The maximum atomic E-state index is 4.27. The fourth-order valence-corrected chi connectivity index (χ4v) is 1.30. The minimum absolute atomic E-state index is 0.938. The molecule has 0 bridgehead atoms. The first-order valence-electron chi connectivity index (χ1n) is 4.03. The zero-order chi connectivity index (χ0) is 9.10. The van der Waals surface area contributed by atoms with E-state index in [9.17, 15) is 0 Å². The van der Waals surface area contributed by atoms with Gasteiger partial charge in [-0.05, 0) is 12.1 Å². The van der Waals surface area contributed by atoms with Crippen molar-refractivity contribution in [3.63, 3.8) is 0 Å². The molecule has 0 atom stereocenters. The summed E-state index contributed by atoms with van der Waals surface area (Å²) in [6.07, 6.45) is 1.77. The van der Waals surface area contributed by atoms with Crippen LogP contribution < -0.4 is 0 Å². The molecule has 0 aliphatic heterocycles. The summed E-state index contributed by atoms with van der Waals surface area (Å²) in [6, 6.07) is 9.90. The minimum Gasteiger partial charge on any atom is -0.255 e. The van der Waals surface area contributed by atoms with E-state index in [1.807, 2.05) is 30.3 Å². The normalized spacial score (nSPS) is 9.31. The van der Waals surface area contributed by atoms with Gasteiger partial charge in [-0.3, -0.25) is 4.98 Å². The average Bonchev–Trinajstić information content (AvgIpc) is 2.19. The predicted molar refractivity (Wildman–Crippen MR) is 54.0 cm³/mol. The number of rotatable bonds is 0. The topological polar surface area (TPSA) is 12.9 Å². The number of benzene rings is 1. The SMILES string of the molecule is [CH2]C#Cc1cccc2cccnc12. The lowest BCUT2D eigenvalue weighted by molar-refractivity contribution is 1.40. The fourth-order valence-electron chi connectivity index (χ4n) is 1.30. The fraction of sp³-hybridized carbons (Fsp3) is 0. The molecule has 0 aliphatic rings. The zero-order valence-corrected chi connectivity index (χ0v) is 7.12. The Balaban J connectivity index is 2.80. The molecule has 0 unspecified atom stereocenters. The molecule has 0 amide bonds. The summed E-state index contributed by atoms with van der Waals surface area (Å²) in [4.78, 5) is 4.27. The minimum atomic E-state index is 0.938. The predicted octanol–water partition coefficient (Wildman–Crippen LogP) is 2.42. The second kappa shape index (κ2) is 3.28. The van der Waals surface area contributed by atoms with Crippen LogP contribution in [0.2, 0.25) is 0 Å². The molecule has 0 saturated carbocycles. The van der Waals surface area contributed by atoms with Crippen LogP contribution in [0.1, 0.15) is 5.56 Å². The Morgan fingerprint density at radius 1 is 1.15 bits per heavy atom. The van der Waals surface area contributed by atoms with E-state index in [2.05, 4.69) is 23.7 Å². The number of fused-ring (bicyclic) bond motifs is 1. The van der Waals surface area contributed by atoms with E-state index in [-0.39, 0.29) is 0 Å². The quantitative estimate of drug-likeness (QED) is 0.548. The van der Waals surface area contributed by atoms with E-state index >= 15 is 0 Å². The average molecular weight is 166 g/mol. The molecule has 1 nitrogen and oxygen atoms in total. The third-order valence-corrected chi connectivity index (χ3v) is 1.86. The third-order valence-electron chi connectivity index (χ3n) is 1.86. The lowest BCUT2D eigenvalue weighted by Crippen LogP contribution is -1.82. The Kier molecular flexibility index (Phi) is 1.97. The van der Waals surface area contributed by atoms with Gasteiger partial charge in [0.15, 0.2) is 0 Å². The molecule has 0 N–H and O–H groups in total. The molecule has 0 aliphatic carbocycles. The van der Waals surface area contributed by atoms with Crippen LogP contribution in [-0.4, -0.2) is 4.98 Å². The maximum Gasteiger partial charge on any atom is 0.0858 e. The molecule has 0 spiro atoms. The first-order valence-corrected chi connectivity index (χ1v) is 4.03. The number of aromatic nitrogens is 1. The molecule has 2 aromatic rings. The van der Waals surface area contributed by atoms with Gasteiger partial charge >= 0.3 is 0 Å². The summed E-state index contributed by atoms with van der Waals surface area (Å²) in [5.74, 6) is 5.56. The van der Waals surface area contributed by atoms with Crippen molar-refractivity contribution in [2.24, 2.45) is 0 Å². The molecular formula is C12H8N. The Bertz CT molecular complexity index is 484. The van der Waals surface area contributed by atoms with Crippen molar-refractivity contribution in [1.29, 1.82) is 0 Å². The summed E-state index contributed by atoms with van der Waals surface area (Å²) in [5, 5.41) is 1.11. The van der Waals surface area contributed by atoms with Crippen LogP contribution in [-0.2, 0) is 0 Å². The van der Waals surface area contributed by atoms with Crippen molar-refractivity contribution in [3.05, 3.63) is 49.0 Å². The van der Waals surface area contributed by atoms with Crippen LogP contribution in [0.5, 0.6) is 0 Å². The standard InChI is InChI=1S/C12H8N/c1-2-5-10-6-3-7-11-8-4-9-13-12(10)11/h3-4,6-9H,1H2. The second-order valence-corrected chi connectivity index (χ2v) is 2.68. The van der Waals surface area contributed by atoms with E-state index < -0.39 is 0 Å². The van der Waals surface area contributed by atoms with Gasteiger partial charge in [0.25, 0.3) is 0 Å².